The lowest BCUT2D eigenvalue weighted by atomic mass is 9.98. The van der Waals surface area contributed by atoms with E-state index in [1.165, 1.54) is 12.8 Å². The Labute approximate surface area is 126 Å². The molecular weight excluding hydrogens is 272 g/mol. The van der Waals surface area contributed by atoms with Crippen LogP contribution in [0.5, 0.6) is 5.75 Å². The molecule has 1 aliphatic heterocycles. The van der Waals surface area contributed by atoms with Crippen molar-refractivity contribution in [3.8, 4) is 5.75 Å². The SMILES string of the molecule is CC(C)N(Cc1ccc(O)c(Cl)c1)CC1CCCNC1. The molecule has 20 heavy (non-hydrogen) atoms. The van der Waals surface area contributed by atoms with Crippen molar-refractivity contribution in [1.29, 1.82) is 0 Å². The van der Waals surface area contributed by atoms with Gasteiger partial charge < -0.3 is 10.4 Å². The zero-order valence-electron chi connectivity index (χ0n) is 12.4. The van der Waals surface area contributed by atoms with Gasteiger partial charge in [0.1, 0.15) is 5.75 Å². The zero-order valence-corrected chi connectivity index (χ0v) is 13.2. The van der Waals surface area contributed by atoms with Crippen LogP contribution in [0.25, 0.3) is 0 Å². The number of nitrogens with one attached hydrogen (secondary N) is 1. The van der Waals surface area contributed by atoms with Gasteiger partial charge in [-0.3, -0.25) is 4.90 Å². The molecule has 1 unspecified atom stereocenters. The average molecular weight is 297 g/mol. The topological polar surface area (TPSA) is 35.5 Å². The number of rotatable bonds is 5. The number of nitrogens with zero attached hydrogens (tertiary/aromatic N) is 1. The van der Waals surface area contributed by atoms with Crippen LogP contribution in [0.15, 0.2) is 18.2 Å². The van der Waals surface area contributed by atoms with Crippen LogP contribution in [0.3, 0.4) is 0 Å². The van der Waals surface area contributed by atoms with Gasteiger partial charge >= 0.3 is 0 Å². The molecule has 3 nitrogen and oxygen atoms in total. The van der Waals surface area contributed by atoms with Gasteiger partial charge in [-0.15, -0.1) is 0 Å². The first-order chi connectivity index (χ1) is 9.56. The molecular formula is C16H25ClN2O. The zero-order chi connectivity index (χ0) is 14.5. The Kier molecular flexibility index (Phi) is 5.70. The van der Waals surface area contributed by atoms with E-state index >= 15 is 0 Å². The predicted molar refractivity (Wildman–Crippen MR) is 84.3 cm³/mol. The van der Waals surface area contributed by atoms with Crippen LogP contribution < -0.4 is 5.32 Å². The maximum Gasteiger partial charge on any atom is 0.134 e. The van der Waals surface area contributed by atoms with E-state index in [-0.39, 0.29) is 5.75 Å². The maximum atomic E-state index is 9.49. The molecule has 1 fully saturated rings. The number of hydrogen-bond acceptors (Lipinski definition) is 3. The van der Waals surface area contributed by atoms with E-state index in [1.54, 1.807) is 6.07 Å². The van der Waals surface area contributed by atoms with Gasteiger partial charge in [0, 0.05) is 19.1 Å². The van der Waals surface area contributed by atoms with E-state index in [0.29, 0.717) is 11.1 Å². The molecule has 0 radical (unpaired) electrons. The van der Waals surface area contributed by atoms with Crippen LogP contribution in [-0.2, 0) is 6.54 Å². The smallest absolute Gasteiger partial charge is 0.134 e. The molecule has 0 spiro atoms. The predicted octanol–water partition coefficient (Wildman–Crippen LogP) is 3.26. The first kappa shape index (κ1) is 15.6. The molecule has 0 bridgehead atoms. The van der Waals surface area contributed by atoms with Crippen molar-refractivity contribution < 1.29 is 5.11 Å². The fourth-order valence-electron chi connectivity index (χ4n) is 2.75. The minimum Gasteiger partial charge on any atom is -0.506 e. The molecule has 0 amide bonds. The standard InChI is InChI=1S/C16H25ClN2O/c1-12(2)19(11-14-4-3-7-18-9-14)10-13-5-6-16(20)15(17)8-13/h5-6,8,12,14,18,20H,3-4,7,9-11H2,1-2H3. The van der Waals surface area contributed by atoms with Gasteiger partial charge in [0.15, 0.2) is 0 Å². The summed E-state index contributed by atoms with van der Waals surface area (Å²) in [6.07, 6.45) is 2.59. The van der Waals surface area contributed by atoms with Gasteiger partial charge in [-0.25, -0.2) is 0 Å². The summed E-state index contributed by atoms with van der Waals surface area (Å²) >= 11 is 5.99. The summed E-state index contributed by atoms with van der Waals surface area (Å²) in [6, 6.07) is 6.00. The van der Waals surface area contributed by atoms with E-state index in [0.717, 1.165) is 37.7 Å². The van der Waals surface area contributed by atoms with Crippen molar-refractivity contribution in [3.05, 3.63) is 28.8 Å². The van der Waals surface area contributed by atoms with Crippen LogP contribution in [-0.4, -0.2) is 35.7 Å². The minimum absolute atomic E-state index is 0.156. The lowest BCUT2D eigenvalue weighted by Gasteiger charge is -2.33. The maximum absolute atomic E-state index is 9.49. The van der Waals surface area contributed by atoms with E-state index in [9.17, 15) is 5.11 Å². The van der Waals surface area contributed by atoms with Crippen molar-refractivity contribution in [2.75, 3.05) is 19.6 Å². The Hall–Kier alpha value is -0.770. The van der Waals surface area contributed by atoms with Crippen molar-refractivity contribution >= 4 is 11.6 Å². The molecule has 0 aliphatic carbocycles. The second kappa shape index (κ2) is 7.30. The van der Waals surface area contributed by atoms with Gasteiger partial charge in [-0.05, 0) is 63.4 Å². The van der Waals surface area contributed by atoms with Crippen LogP contribution >= 0.6 is 11.6 Å². The number of benzene rings is 1. The summed E-state index contributed by atoms with van der Waals surface area (Å²) in [5.74, 6) is 0.890. The van der Waals surface area contributed by atoms with E-state index < -0.39 is 0 Å². The van der Waals surface area contributed by atoms with Gasteiger partial charge in [-0.2, -0.15) is 0 Å². The summed E-state index contributed by atoms with van der Waals surface area (Å²) in [5, 5.41) is 13.4. The molecule has 2 N–H and O–H groups in total. The molecule has 1 aromatic carbocycles. The van der Waals surface area contributed by atoms with E-state index in [4.69, 9.17) is 11.6 Å². The molecule has 1 aromatic rings. The molecule has 0 aromatic heterocycles. The molecule has 112 valence electrons. The summed E-state index contributed by atoms with van der Waals surface area (Å²) < 4.78 is 0. The van der Waals surface area contributed by atoms with E-state index in [2.05, 4.69) is 24.1 Å². The number of phenolic OH excluding ortho intramolecular Hbond substituents is 1. The number of hydrogen-bond donors (Lipinski definition) is 2. The molecule has 1 aliphatic rings. The number of phenols is 1. The second-order valence-corrected chi connectivity index (χ2v) is 6.43. The van der Waals surface area contributed by atoms with Gasteiger partial charge in [0.25, 0.3) is 0 Å². The normalized spacial score (nSPS) is 19.8. The summed E-state index contributed by atoms with van der Waals surface area (Å²) in [7, 11) is 0. The van der Waals surface area contributed by atoms with Crippen LogP contribution in [0.1, 0.15) is 32.3 Å². The Morgan fingerprint density at radius 3 is 2.85 bits per heavy atom. The average Bonchev–Trinajstić information content (AvgIpc) is 2.43. The third-order valence-electron chi connectivity index (χ3n) is 4.02. The summed E-state index contributed by atoms with van der Waals surface area (Å²) in [4.78, 5) is 2.49. The van der Waals surface area contributed by atoms with Gasteiger partial charge in [0.2, 0.25) is 0 Å². The highest BCUT2D eigenvalue weighted by atomic mass is 35.5. The lowest BCUT2D eigenvalue weighted by Crippen LogP contribution is -2.40. The van der Waals surface area contributed by atoms with Crippen molar-refractivity contribution in [3.63, 3.8) is 0 Å². The number of halogens is 1. The first-order valence-corrected chi connectivity index (χ1v) is 7.86. The Bertz CT molecular complexity index is 430. The highest BCUT2D eigenvalue weighted by Gasteiger charge is 2.19. The van der Waals surface area contributed by atoms with E-state index in [1.807, 2.05) is 12.1 Å². The molecule has 2 rings (SSSR count). The molecule has 1 saturated heterocycles. The largest absolute Gasteiger partial charge is 0.506 e. The minimum atomic E-state index is 0.156. The fourth-order valence-corrected chi connectivity index (χ4v) is 2.96. The highest BCUT2D eigenvalue weighted by Crippen LogP contribution is 2.25. The quantitative estimate of drug-likeness (QED) is 0.875. The van der Waals surface area contributed by atoms with Gasteiger partial charge in [0.05, 0.1) is 5.02 Å². The van der Waals surface area contributed by atoms with Crippen molar-refractivity contribution in [2.45, 2.75) is 39.3 Å². The van der Waals surface area contributed by atoms with Crippen LogP contribution in [0.4, 0.5) is 0 Å². The summed E-state index contributed by atoms with van der Waals surface area (Å²) in [5.41, 5.74) is 1.16. The third-order valence-corrected chi connectivity index (χ3v) is 4.32. The Morgan fingerprint density at radius 1 is 1.45 bits per heavy atom. The molecule has 1 heterocycles. The molecule has 0 saturated carbocycles. The van der Waals surface area contributed by atoms with Crippen LogP contribution in [0.2, 0.25) is 5.02 Å². The van der Waals surface area contributed by atoms with Crippen molar-refractivity contribution in [1.82, 2.24) is 10.2 Å². The second-order valence-electron chi connectivity index (χ2n) is 6.02. The van der Waals surface area contributed by atoms with Gasteiger partial charge in [-0.1, -0.05) is 17.7 Å². The van der Waals surface area contributed by atoms with Crippen molar-refractivity contribution in [2.24, 2.45) is 5.92 Å². The monoisotopic (exact) mass is 296 g/mol. The first-order valence-electron chi connectivity index (χ1n) is 7.48. The fraction of sp³-hybridized carbons (Fsp3) is 0.625. The number of aromatic hydroxyl groups is 1. The Morgan fingerprint density at radius 2 is 2.25 bits per heavy atom. The lowest BCUT2D eigenvalue weighted by molar-refractivity contribution is 0.164. The Balaban J connectivity index is 1.99. The molecule has 1 atom stereocenters. The number of piperidine rings is 1. The highest BCUT2D eigenvalue weighted by molar-refractivity contribution is 6.32. The third kappa shape index (κ3) is 4.37. The summed E-state index contributed by atoms with van der Waals surface area (Å²) in [6.45, 7) is 8.75. The molecule has 4 heteroatoms. The van der Waals surface area contributed by atoms with Crippen LogP contribution in [0, 0.1) is 5.92 Å².